The molecule has 5 nitrogen and oxygen atoms in total. The first-order valence-electron chi connectivity index (χ1n) is 11.5. The van der Waals surface area contributed by atoms with E-state index in [0.717, 1.165) is 38.5 Å². The average molecular weight is 401 g/mol. The number of ketones is 1. The van der Waals surface area contributed by atoms with Gasteiger partial charge >= 0.3 is 5.97 Å². The fourth-order valence-corrected chi connectivity index (χ4v) is 8.25. The van der Waals surface area contributed by atoms with Crippen LogP contribution in [0.25, 0.3) is 0 Å². The number of rotatable bonds is 3. The highest BCUT2D eigenvalue weighted by atomic mass is 16.6. The first-order valence-corrected chi connectivity index (χ1v) is 11.5. The Labute approximate surface area is 172 Å². The van der Waals surface area contributed by atoms with E-state index in [1.165, 1.54) is 18.9 Å². The second-order valence-corrected chi connectivity index (χ2v) is 11.0. The van der Waals surface area contributed by atoms with Crippen molar-refractivity contribution < 1.29 is 23.8 Å². The predicted octanol–water partition coefficient (Wildman–Crippen LogP) is 3.60. The molecule has 158 valence electrons. The molecule has 2 saturated heterocycles. The Hall–Kier alpha value is -1.20. The van der Waals surface area contributed by atoms with Gasteiger partial charge in [0, 0.05) is 18.8 Å². The molecule has 29 heavy (non-hydrogen) atoms. The van der Waals surface area contributed by atoms with Gasteiger partial charge in [0.15, 0.2) is 11.4 Å². The SMILES string of the molecule is CC(=O)O[C@H]1CC[C@@]2(C)C(=CC[C@@H]3[C@@H]2CC[C@]2(C)[C@H]3C[C@H]3O[C@]32C(=O)[C@@H]2CO2)C1. The highest BCUT2D eigenvalue weighted by Gasteiger charge is 2.81. The molecule has 6 rings (SSSR count). The summed E-state index contributed by atoms with van der Waals surface area (Å²) in [6, 6.07) is 0. The number of allylic oxidation sites excluding steroid dienone is 1. The van der Waals surface area contributed by atoms with Crippen molar-refractivity contribution in [3.63, 3.8) is 0 Å². The Morgan fingerprint density at radius 2 is 1.97 bits per heavy atom. The molecule has 6 aliphatic rings. The molecular weight excluding hydrogens is 368 g/mol. The Morgan fingerprint density at radius 3 is 2.69 bits per heavy atom. The van der Waals surface area contributed by atoms with Crippen molar-refractivity contribution in [3.05, 3.63) is 11.6 Å². The zero-order chi connectivity index (χ0) is 20.2. The van der Waals surface area contributed by atoms with Gasteiger partial charge in [-0.05, 0) is 61.7 Å². The van der Waals surface area contributed by atoms with Gasteiger partial charge in [0.05, 0.1) is 12.7 Å². The van der Waals surface area contributed by atoms with Crippen LogP contribution in [0.3, 0.4) is 0 Å². The maximum Gasteiger partial charge on any atom is 0.302 e. The quantitative estimate of drug-likeness (QED) is 0.411. The van der Waals surface area contributed by atoms with Crippen molar-refractivity contribution in [1.29, 1.82) is 0 Å². The second-order valence-electron chi connectivity index (χ2n) is 11.0. The van der Waals surface area contributed by atoms with Crippen molar-refractivity contribution in [2.75, 3.05) is 6.61 Å². The van der Waals surface area contributed by atoms with Crippen LogP contribution in [-0.4, -0.2) is 42.3 Å². The predicted molar refractivity (Wildman–Crippen MR) is 105 cm³/mol. The van der Waals surface area contributed by atoms with E-state index in [-0.39, 0.29) is 40.9 Å². The number of hydrogen-bond acceptors (Lipinski definition) is 5. The van der Waals surface area contributed by atoms with Crippen LogP contribution in [0, 0.1) is 28.6 Å². The molecule has 0 spiro atoms. The highest BCUT2D eigenvalue weighted by Crippen LogP contribution is 2.73. The Kier molecular flexibility index (Phi) is 3.67. The third-order valence-corrected chi connectivity index (χ3v) is 9.81. The molecule has 0 unspecified atom stereocenters. The maximum absolute atomic E-state index is 13.1. The monoisotopic (exact) mass is 400 g/mol. The van der Waals surface area contributed by atoms with E-state index in [1.54, 1.807) is 0 Å². The smallest absolute Gasteiger partial charge is 0.302 e. The van der Waals surface area contributed by atoms with Gasteiger partial charge in [0.25, 0.3) is 0 Å². The minimum atomic E-state index is -0.554. The van der Waals surface area contributed by atoms with E-state index in [2.05, 4.69) is 19.9 Å². The van der Waals surface area contributed by atoms with E-state index in [4.69, 9.17) is 14.2 Å². The number of fused-ring (bicyclic) bond motifs is 7. The number of esters is 1. The minimum absolute atomic E-state index is 0.0431. The van der Waals surface area contributed by atoms with Gasteiger partial charge in [-0.15, -0.1) is 0 Å². The van der Waals surface area contributed by atoms with Crippen LogP contribution < -0.4 is 0 Å². The summed E-state index contributed by atoms with van der Waals surface area (Å²) >= 11 is 0. The molecule has 0 N–H and O–H groups in total. The topological polar surface area (TPSA) is 68.4 Å². The van der Waals surface area contributed by atoms with Gasteiger partial charge in [-0.1, -0.05) is 25.5 Å². The van der Waals surface area contributed by atoms with Crippen molar-refractivity contribution in [2.45, 2.75) is 89.6 Å². The summed E-state index contributed by atoms with van der Waals surface area (Å²) in [6.07, 6.45) is 9.75. The summed E-state index contributed by atoms with van der Waals surface area (Å²) in [5, 5.41) is 0. The maximum atomic E-state index is 13.1. The summed E-state index contributed by atoms with van der Waals surface area (Å²) in [4.78, 5) is 24.5. The number of epoxide rings is 2. The highest BCUT2D eigenvalue weighted by molar-refractivity contribution is 5.97. The molecule has 0 aromatic rings. The molecule has 0 radical (unpaired) electrons. The molecule has 0 aromatic heterocycles. The van der Waals surface area contributed by atoms with Gasteiger partial charge in [-0.3, -0.25) is 9.59 Å². The Balaban J connectivity index is 1.28. The number of carbonyl (C=O) groups excluding carboxylic acids is 2. The largest absolute Gasteiger partial charge is 0.462 e. The van der Waals surface area contributed by atoms with Gasteiger partial charge in [-0.2, -0.15) is 0 Å². The molecule has 2 aliphatic heterocycles. The molecule has 0 amide bonds. The first-order chi connectivity index (χ1) is 13.8. The van der Waals surface area contributed by atoms with E-state index in [9.17, 15) is 9.59 Å². The van der Waals surface area contributed by atoms with Crippen LogP contribution in [0.15, 0.2) is 11.6 Å². The average Bonchev–Trinajstić information content (AvgIpc) is 3.58. The fraction of sp³-hybridized carbons (Fsp3) is 0.833. The Morgan fingerprint density at radius 1 is 1.17 bits per heavy atom. The van der Waals surface area contributed by atoms with Crippen molar-refractivity contribution in [1.82, 2.24) is 0 Å². The number of hydrogen-bond donors (Lipinski definition) is 0. The summed E-state index contributed by atoms with van der Waals surface area (Å²) in [6.45, 7) is 6.88. The lowest BCUT2D eigenvalue weighted by Crippen LogP contribution is -2.55. The number of Topliss-reactive ketones (excluding diaryl/α,β-unsaturated/α-hetero) is 1. The lowest BCUT2D eigenvalue weighted by molar-refractivity contribution is -0.149. The van der Waals surface area contributed by atoms with Gasteiger partial charge in [0.1, 0.15) is 12.2 Å². The summed E-state index contributed by atoms with van der Waals surface area (Å²) < 4.78 is 17.0. The summed E-state index contributed by atoms with van der Waals surface area (Å²) in [5.41, 5.74) is 1.13. The molecule has 5 heteroatoms. The van der Waals surface area contributed by atoms with E-state index < -0.39 is 5.60 Å². The number of ether oxygens (including phenoxy) is 3. The van der Waals surface area contributed by atoms with Crippen LogP contribution in [0.4, 0.5) is 0 Å². The van der Waals surface area contributed by atoms with Gasteiger partial charge in [-0.25, -0.2) is 0 Å². The molecule has 2 heterocycles. The molecule has 9 atom stereocenters. The summed E-state index contributed by atoms with van der Waals surface area (Å²) in [7, 11) is 0. The third kappa shape index (κ3) is 2.29. The molecule has 0 bridgehead atoms. The Bertz CT molecular complexity index is 814. The normalized spacial score (nSPS) is 54.2. The van der Waals surface area contributed by atoms with Crippen LogP contribution in [-0.2, 0) is 23.8 Å². The van der Waals surface area contributed by atoms with Gasteiger partial charge < -0.3 is 14.2 Å². The molecule has 3 saturated carbocycles. The van der Waals surface area contributed by atoms with Crippen molar-refractivity contribution >= 4 is 11.8 Å². The van der Waals surface area contributed by atoms with Crippen LogP contribution in [0.5, 0.6) is 0 Å². The first kappa shape index (κ1) is 18.6. The lowest BCUT2D eigenvalue weighted by Gasteiger charge is -2.58. The standard InChI is InChI=1S/C24H32O5/c1-13(25)28-15-6-8-22(2)14(10-15)4-5-16-17(22)7-9-23(3)18(16)11-20-24(23,29-20)21(26)19-12-27-19/h4,15-20H,5-12H2,1-3H3/t15-,16+,17-,18-,19-,20+,22-,23+,24-/m0/s1. The second kappa shape index (κ2) is 5.73. The third-order valence-electron chi connectivity index (χ3n) is 9.81. The van der Waals surface area contributed by atoms with Crippen molar-refractivity contribution in [3.8, 4) is 0 Å². The summed E-state index contributed by atoms with van der Waals surface area (Å²) in [5.74, 6) is 1.92. The van der Waals surface area contributed by atoms with E-state index in [1.807, 2.05) is 0 Å². The molecule has 5 fully saturated rings. The van der Waals surface area contributed by atoms with E-state index in [0.29, 0.717) is 24.4 Å². The fourth-order valence-electron chi connectivity index (χ4n) is 8.25. The zero-order valence-corrected chi connectivity index (χ0v) is 17.7. The molecule has 0 aromatic carbocycles. The molecule has 4 aliphatic carbocycles. The minimum Gasteiger partial charge on any atom is -0.462 e. The zero-order valence-electron chi connectivity index (χ0n) is 17.7. The van der Waals surface area contributed by atoms with Crippen LogP contribution in [0.1, 0.15) is 65.7 Å². The van der Waals surface area contributed by atoms with Crippen LogP contribution >= 0.6 is 0 Å². The number of carbonyl (C=O) groups is 2. The van der Waals surface area contributed by atoms with Gasteiger partial charge in [0.2, 0.25) is 0 Å². The van der Waals surface area contributed by atoms with Crippen molar-refractivity contribution in [2.24, 2.45) is 28.6 Å². The molecular formula is C24H32O5. The van der Waals surface area contributed by atoms with Crippen LogP contribution in [0.2, 0.25) is 0 Å². The lowest BCUT2D eigenvalue weighted by atomic mass is 9.47. The van der Waals surface area contributed by atoms with E-state index >= 15 is 0 Å².